The average Bonchev–Trinajstić information content (AvgIpc) is 2.02. The van der Waals surface area contributed by atoms with Gasteiger partial charge in [-0.1, -0.05) is 0 Å². The van der Waals surface area contributed by atoms with Gasteiger partial charge in [-0.2, -0.15) is 13.2 Å². The van der Waals surface area contributed by atoms with Crippen LogP contribution in [0.25, 0.3) is 0 Å². The van der Waals surface area contributed by atoms with Crippen LogP contribution in [0.3, 0.4) is 0 Å². The van der Waals surface area contributed by atoms with Gasteiger partial charge in [0.05, 0.1) is 5.56 Å². The van der Waals surface area contributed by atoms with Crippen LogP contribution in [-0.4, -0.2) is 12.7 Å². The molecule has 2 nitrogen and oxygen atoms in total. The van der Waals surface area contributed by atoms with Crippen molar-refractivity contribution in [3.8, 4) is 5.75 Å². The van der Waals surface area contributed by atoms with Gasteiger partial charge in [-0.25, -0.2) is 4.39 Å². The summed E-state index contributed by atoms with van der Waals surface area (Å²) < 4.78 is 53.3. The van der Waals surface area contributed by atoms with Gasteiger partial charge in [-0.15, -0.1) is 0 Å². The Morgan fingerprint density at radius 2 is 1.86 bits per heavy atom. The molecule has 0 radical (unpaired) electrons. The Morgan fingerprint density at radius 1 is 1.21 bits per heavy atom. The van der Waals surface area contributed by atoms with Crippen molar-refractivity contribution >= 4 is 7.69 Å². The number of hydrogen-bond donors (Lipinski definition) is 1. The van der Waals surface area contributed by atoms with Crippen molar-refractivity contribution in [2.45, 2.75) is 6.18 Å². The van der Waals surface area contributed by atoms with Crippen LogP contribution in [0.5, 0.6) is 5.75 Å². The van der Waals surface area contributed by atoms with Crippen molar-refractivity contribution in [3.05, 3.63) is 29.6 Å². The molecule has 0 bridgehead atoms. The largest absolute Gasteiger partial charge is 0.539 e. The zero-order valence-electron chi connectivity index (χ0n) is 6.81. The highest BCUT2D eigenvalue weighted by Gasteiger charge is 2.31. The van der Waals surface area contributed by atoms with Crippen molar-refractivity contribution in [2.24, 2.45) is 0 Å². The molecule has 0 aromatic heterocycles. The molecule has 0 atom stereocenters. The molecular formula is C7H5BF4O2. The van der Waals surface area contributed by atoms with Gasteiger partial charge in [0.15, 0.2) is 0 Å². The van der Waals surface area contributed by atoms with Crippen LogP contribution in [0.2, 0.25) is 0 Å². The van der Waals surface area contributed by atoms with E-state index in [2.05, 4.69) is 4.65 Å². The summed E-state index contributed by atoms with van der Waals surface area (Å²) in [5.41, 5.74) is -1.15. The minimum absolute atomic E-state index is 0.351. The van der Waals surface area contributed by atoms with E-state index in [1.807, 2.05) is 0 Å². The van der Waals surface area contributed by atoms with Crippen LogP contribution in [-0.2, 0) is 6.18 Å². The fraction of sp³-hybridized carbons (Fsp3) is 0.143. The van der Waals surface area contributed by atoms with E-state index in [0.29, 0.717) is 12.1 Å². The maximum Gasteiger partial charge on any atom is 0.504 e. The van der Waals surface area contributed by atoms with Gasteiger partial charge in [-0.3, -0.25) is 0 Å². The van der Waals surface area contributed by atoms with Crippen LogP contribution in [0, 0.1) is 5.82 Å². The molecule has 1 N–H and O–H groups in total. The van der Waals surface area contributed by atoms with Crippen molar-refractivity contribution in [1.29, 1.82) is 0 Å². The smallest absolute Gasteiger partial charge is 0.504 e. The van der Waals surface area contributed by atoms with E-state index in [4.69, 9.17) is 5.02 Å². The zero-order chi connectivity index (χ0) is 10.8. The van der Waals surface area contributed by atoms with E-state index in [1.54, 1.807) is 0 Å². The fourth-order valence-electron chi connectivity index (χ4n) is 0.884. The third-order valence-corrected chi connectivity index (χ3v) is 1.43. The van der Waals surface area contributed by atoms with E-state index in [-0.39, 0.29) is 5.75 Å². The molecule has 0 saturated heterocycles. The van der Waals surface area contributed by atoms with E-state index >= 15 is 0 Å². The van der Waals surface area contributed by atoms with Gasteiger partial charge in [0, 0.05) is 6.07 Å². The molecule has 0 aliphatic heterocycles. The van der Waals surface area contributed by atoms with Crippen molar-refractivity contribution in [2.75, 3.05) is 0 Å². The molecule has 1 aromatic rings. The number of benzene rings is 1. The molecule has 76 valence electrons. The SMILES string of the molecule is OBOc1cc(F)cc(C(F)(F)F)c1. The maximum atomic E-state index is 12.6. The van der Waals surface area contributed by atoms with Gasteiger partial charge in [0.25, 0.3) is 0 Å². The molecule has 7 heteroatoms. The highest BCUT2D eigenvalue weighted by molar-refractivity contribution is 6.17. The molecule has 1 aromatic carbocycles. The lowest BCUT2D eigenvalue weighted by atomic mass is 10.2. The molecule has 14 heavy (non-hydrogen) atoms. The Hall–Kier alpha value is -1.24. The molecule has 0 amide bonds. The number of hydrogen-bond acceptors (Lipinski definition) is 2. The molecule has 0 aliphatic rings. The zero-order valence-corrected chi connectivity index (χ0v) is 6.81. The Balaban J connectivity index is 3.07. The predicted octanol–water partition coefficient (Wildman–Crippen LogP) is 1.48. The summed E-state index contributed by atoms with van der Waals surface area (Å²) in [7, 11) is -0.805. The van der Waals surface area contributed by atoms with Crippen LogP contribution in [0.1, 0.15) is 5.56 Å². The highest BCUT2D eigenvalue weighted by atomic mass is 19.4. The second-order valence-corrected chi connectivity index (χ2v) is 2.45. The lowest BCUT2D eigenvalue weighted by Gasteiger charge is -2.09. The summed E-state index contributed by atoms with van der Waals surface area (Å²) in [5, 5.41) is 8.28. The highest BCUT2D eigenvalue weighted by Crippen LogP contribution is 2.32. The summed E-state index contributed by atoms with van der Waals surface area (Å²) in [6.07, 6.45) is -4.63. The topological polar surface area (TPSA) is 29.5 Å². The minimum Gasteiger partial charge on any atom is -0.539 e. The standard InChI is InChI=1S/C7H5BF4O2/c9-5-1-4(7(10,11)12)2-6(3-5)14-8-13/h1-3,8,13H. The van der Waals surface area contributed by atoms with Gasteiger partial charge in [-0.05, 0) is 12.1 Å². The summed E-state index contributed by atoms with van der Waals surface area (Å²) in [6, 6.07) is 1.72. The van der Waals surface area contributed by atoms with Crippen LogP contribution in [0.4, 0.5) is 17.6 Å². The number of halogens is 4. The monoisotopic (exact) mass is 208 g/mol. The summed E-state index contributed by atoms with van der Waals surface area (Å²) >= 11 is 0. The first-order valence-corrected chi connectivity index (χ1v) is 3.55. The summed E-state index contributed by atoms with van der Waals surface area (Å²) in [4.78, 5) is 0. The quantitative estimate of drug-likeness (QED) is 0.589. The molecule has 0 unspecified atom stereocenters. The second-order valence-electron chi connectivity index (χ2n) is 2.45. The van der Waals surface area contributed by atoms with E-state index in [9.17, 15) is 17.6 Å². The van der Waals surface area contributed by atoms with Crippen molar-refractivity contribution in [3.63, 3.8) is 0 Å². The number of rotatable bonds is 2. The molecule has 0 fully saturated rings. The third-order valence-electron chi connectivity index (χ3n) is 1.43. The first kappa shape index (κ1) is 10.8. The first-order valence-electron chi connectivity index (χ1n) is 3.55. The molecule has 0 saturated carbocycles. The Morgan fingerprint density at radius 3 is 2.36 bits per heavy atom. The Kier molecular flexibility index (Phi) is 3.00. The summed E-state index contributed by atoms with van der Waals surface area (Å²) in [6.45, 7) is 0. The lowest BCUT2D eigenvalue weighted by molar-refractivity contribution is -0.137. The first-order chi connectivity index (χ1) is 6.43. The van der Waals surface area contributed by atoms with Gasteiger partial charge in [0.2, 0.25) is 0 Å². The summed E-state index contributed by atoms with van der Waals surface area (Å²) in [5.74, 6) is -1.43. The lowest BCUT2D eigenvalue weighted by Crippen LogP contribution is -2.07. The normalized spacial score (nSPS) is 11.2. The molecule has 0 heterocycles. The maximum absolute atomic E-state index is 12.6. The average molecular weight is 208 g/mol. The van der Waals surface area contributed by atoms with E-state index in [1.165, 1.54) is 0 Å². The van der Waals surface area contributed by atoms with Crippen molar-refractivity contribution in [1.82, 2.24) is 0 Å². The van der Waals surface area contributed by atoms with E-state index < -0.39 is 25.2 Å². The molecule has 0 aliphatic carbocycles. The van der Waals surface area contributed by atoms with Crippen molar-refractivity contribution < 1.29 is 27.2 Å². The fourth-order valence-corrected chi connectivity index (χ4v) is 0.884. The minimum atomic E-state index is -4.63. The number of alkyl halides is 3. The Labute approximate surface area is 77.4 Å². The Bertz CT molecular complexity index is 326. The van der Waals surface area contributed by atoms with Crippen LogP contribution >= 0.6 is 0 Å². The van der Waals surface area contributed by atoms with E-state index in [0.717, 1.165) is 6.07 Å². The van der Waals surface area contributed by atoms with Crippen LogP contribution < -0.4 is 4.65 Å². The predicted molar refractivity (Wildman–Crippen MR) is 41.4 cm³/mol. The molecular weight excluding hydrogens is 203 g/mol. The van der Waals surface area contributed by atoms with Gasteiger partial charge >= 0.3 is 13.9 Å². The van der Waals surface area contributed by atoms with Gasteiger partial charge in [0.1, 0.15) is 11.6 Å². The van der Waals surface area contributed by atoms with Crippen LogP contribution in [0.15, 0.2) is 18.2 Å². The van der Waals surface area contributed by atoms with Gasteiger partial charge < -0.3 is 9.68 Å². The molecule has 1 rings (SSSR count). The molecule has 0 spiro atoms. The second kappa shape index (κ2) is 3.87. The third kappa shape index (κ3) is 2.63.